The summed E-state index contributed by atoms with van der Waals surface area (Å²) >= 11 is 1.72. The fraction of sp³-hybridized carbons (Fsp3) is 0.684. The molecular formula is C19H28N2O2S. The van der Waals surface area contributed by atoms with Gasteiger partial charge in [0, 0.05) is 23.8 Å². The van der Waals surface area contributed by atoms with E-state index in [0.717, 1.165) is 25.7 Å². The maximum atomic E-state index is 12.4. The van der Waals surface area contributed by atoms with Crippen LogP contribution in [0.25, 0.3) is 0 Å². The summed E-state index contributed by atoms with van der Waals surface area (Å²) in [6, 6.07) is 4.32. The van der Waals surface area contributed by atoms with E-state index in [1.807, 2.05) is 0 Å². The van der Waals surface area contributed by atoms with E-state index >= 15 is 0 Å². The summed E-state index contributed by atoms with van der Waals surface area (Å²) in [5.74, 6) is 0.906. The van der Waals surface area contributed by atoms with Crippen LogP contribution in [0.5, 0.6) is 0 Å². The van der Waals surface area contributed by atoms with Crippen LogP contribution >= 0.6 is 11.3 Å². The van der Waals surface area contributed by atoms with Gasteiger partial charge in [-0.05, 0) is 43.0 Å². The molecule has 4 nitrogen and oxygen atoms in total. The lowest BCUT2D eigenvalue weighted by atomic mass is 9.96. The van der Waals surface area contributed by atoms with Crippen molar-refractivity contribution in [1.29, 1.82) is 0 Å². The van der Waals surface area contributed by atoms with Crippen LogP contribution in [-0.2, 0) is 9.59 Å². The number of carbonyl (C=O) groups excluding carboxylic acids is 2. The molecule has 2 saturated carbocycles. The highest BCUT2D eigenvalue weighted by molar-refractivity contribution is 7.10. The van der Waals surface area contributed by atoms with Gasteiger partial charge in [-0.15, -0.1) is 11.3 Å². The molecule has 2 aliphatic carbocycles. The van der Waals surface area contributed by atoms with Crippen LogP contribution in [0.3, 0.4) is 0 Å². The van der Waals surface area contributed by atoms with E-state index in [2.05, 4.69) is 28.1 Å². The number of nitrogens with one attached hydrogen (secondary N) is 2. The summed E-state index contributed by atoms with van der Waals surface area (Å²) in [6.07, 6.45) is 9.60. The molecule has 3 rings (SSSR count). The fourth-order valence-corrected chi connectivity index (χ4v) is 4.93. The highest BCUT2D eigenvalue weighted by Crippen LogP contribution is 2.37. The lowest BCUT2D eigenvalue weighted by Gasteiger charge is -2.24. The Labute approximate surface area is 148 Å². The second-order valence-corrected chi connectivity index (χ2v) is 8.11. The molecule has 1 atom stereocenters. The Balaban J connectivity index is 1.45. The molecule has 2 N–H and O–H groups in total. The standard InChI is InChI=1S/C19H28N2O2S/c22-17(11-12-20-19(23)15-8-3-4-9-15)21-18(14-6-1-2-7-14)16-10-5-13-24-16/h5,10,13-15,18H,1-4,6-9,11-12H2,(H,20,23)(H,21,22)/t18-/m0/s1. The summed E-state index contributed by atoms with van der Waals surface area (Å²) < 4.78 is 0. The molecule has 0 radical (unpaired) electrons. The average Bonchev–Trinajstić information content (AvgIpc) is 3.36. The topological polar surface area (TPSA) is 58.2 Å². The largest absolute Gasteiger partial charge is 0.355 e. The maximum Gasteiger partial charge on any atom is 0.223 e. The normalized spacial score (nSPS) is 20.2. The van der Waals surface area contributed by atoms with Crippen LogP contribution < -0.4 is 10.6 Å². The summed E-state index contributed by atoms with van der Waals surface area (Å²) in [5, 5.41) is 8.24. The van der Waals surface area contributed by atoms with Gasteiger partial charge >= 0.3 is 0 Å². The molecule has 132 valence electrons. The molecule has 1 aromatic rings. The molecule has 0 unspecified atom stereocenters. The van der Waals surface area contributed by atoms with Gasteiger partial charge in [-0.2, -0.15) is 0 Å². The molecule has 1 aromatic heterocycles. The molecule has 1 heterocycles. The molecule has 5 heteroatoms. The zero-order valence-corrected chi connectivity index (χ0v) is 15.1. The van der Waals surface area contributed by atoms with Crippen molar-refractivity contribution in [2.75, 3.05) is 6.54 Å². The third-order valence-electron chi connectivity index (χ3n) is 5.41. The molecule has 2 fully saturated rings. The fourth-order valence-electron chi connectivity index (χ4n) is 4.06. The summed E-state index contributed by atoms with van der Waals surface area (Å²) in [6.45, 7) is 0.447. The number of carbonyl (C=O) groups is 2. The SMILES string of the molecule is O=C(CCNC(=O)C1CCCC1)N[C@H](c1cccs1)C1CCCC1. The van der Waals surface area contributed by atoms with Crippen LogP contribution in [0.2, 0.25) is 0 Å². The van der Waals surface area contributed by atoms with Gasteiger partial charge in [0.2, 0.25) is 11.8 Å². The second-order valence-electron chi connectivity index (χ2n) is 7.13. The van der Waals surface area contributed by atoms with Crippen LogP contribution in [0.15, 0.2) is 17.5 Å². The number of hydrogen-bond donors (Lipinski definition) is 2. The van der Waals surface area contributed by atoms with Crippen molar-refractivity contribution in [3.8, 4) is 0 Å². The molecule has 0 saturated heterocycles. The van der Waals surface area contributed by atoms with Crippen molar-refractivity contribution in [2.24, 2.45) is 11.8 Å². The van der Waals surface area contributed by atoms with E-state index in [1.54, 1.807) is 11.3 Å². The average molecular weight is 349 g/mol. The molecule has 24 heavy (non-hydrogen) atoms. The summed E-state index contributed by atoms with van der Waals surface area (Å²) in [4.78, 5) is 25.6. The van der Waals surface area contributed by atoms with Crippen LogP contribution in [0, 0.1) is 11.8 Å². The number of rotatable bonds is 7. The van der Waals surface area contributed by atoms with Gasteiger partial charge in [-0.3, -0.25) is 9.59 Å². The van der Waals surface area contributed by atoms with E-state index in [4.69, 9.17) is 0 Å². The zero-order chi connectivity index (χ0) is 16.8. The van der Waals surface area contributed by atoms with Gasteiger partial charge in [-0.25, -0.2) is 0 Å². The third-order valence-corrected chi connectivity index (χ3v) is 6.37. The van der Waals surface area contributed by atoms with Crippen molar-refractivity contribution in [1.82, 2.24) is 10.6 Å². The first-order valence-corrected chi connectivity index (χ1v) is 10.2. The van der Waals surface area contributed by atoms with Crippen molar-refractivity contribution in [3.05, 3.63) is 22.4 Å². The number of hydrogen-bond acceptors (Lipinski definition) is 3. The Morgan fingerprint density at radius 1 is 1.12 bits per heavy atom. The minimum atomic E-state index is 0.0482. The van der Waals surface area contributed by atoms with Crippen LogP contribution in [0.1, 0.15) is 68.7 Å². The maximum absolute atomic E-state index is 12.4. The van der Waals surface area contributed by atoms with Gasteiger partial charge in [0.15, 0.2) is 0 Å². The van der Waals surface area contributed by atoms with Crippen LogP contribution in [0.4, 0.5) is 0 Å². The lowest BCUT2D eigenvalue weighted by Crippen LogP contribution is -2.36. The molecule has 2 aliphatic rings. The van der Waals surface area contributed by atoms with Crippen LogP contribution in [-0.4, -0.2) is 18.4 Å². The van der Waals surface area contributed by atoms with Crippen molar-refractivity contribution in [3.63, 3.8) is 0 Å². The number of thiophene rings is 1. The Bertz CT molecular complexity index is 532. The molecule has 0 spiro atoms. The van der Waals surface area contributed by atoms with Crippen molar-refractivity contribution >= 4 is 23.2 Å². The monoisotopic (exact) mass is 348 g/mol. The molecule has 0 aliphatic heterocycles. The van der Waals surface area contributed by atoms with Crippen molar-refractivity contribution < 1.29 is 9.59 Å². The first-order chi connectivity index (χ1) is 11.7. The summed E-state index contributed by atoms with van der Waals surface area (Å²) in [7, 11) is 0. The quantitative estimate of drug-likeness (QED) is 0.787. The number of amides is 2. The highest BCUT2D eigenvalue weighted by atomic mass is 32.1. The van der Waals surface area contributed by atoms with Crippen molar-refractivity contribution in [2.45, 2.75) is 63.8 Å². The molecule has 0 bridgehead atoms. The zero-order valence-electron chi connectivity index (χ0n) is 14.3. The first kappa shape index (κ1) is 17.5. The van der Waals surface area contributed by atoms with Gasteiger partial charge < -0.3 is 10.6 Å². The van der Waals surface area contributed by atoms with E-state index in [-0.39, 0.29) is 23.8 Å². The Morgan fingerprint density at radius 3 is 2.50 bits per heavy atom. The molecular weight excluding hydrogens is 320 g/mol. The van der Waals surface area contributed by atoms with E-state index in [9.17, 15) is 9.59 Å². The predicted molar refractivity (Wildman–Crippen MR) is 96.7 cm³/mol. The van der Waals surface area contributed by atoms with E-state index < -0.39 is 0 Å². The van der Waals surface area contributed by atoms with Gasteiger partial charge in [-0.1, -0.05) is 31.7 Å². The Hall–Kier alpha value is -1.36. The first-order valence-electron chi connectivity index (χ1n) is 9.34. The van der Waals surface area contributed by atoms with Gasteiger partial charge in [0.25, 0.3) is 0 Å². The Morgan fingerprint density at radius 2 is 1.83 bits per heavy atom. The Kier molecular flexibility index (Phi) is 6.30. The predicted octanol–water partition coefficient (Wildman–Crippen LogP) is 3.79. The minimum Gasteiger partial charge on any atom is -0.355 e. The minimum absolute atomic E-state index is 0.0482. The summed E-state index contributed by atoms with van der Waals surface area (Å²) in [5.41, 5.74) is 0. The molecule has 0 aromatic carbocycles. The third kappa shape index (κ3) is 4.59. The highest BCUT2D eigenvalue weighted by Gasteiger charge is 2.28. The van der Waals surface area contributed by atoms with E-state index in [0.29, 0.717) is 18.9 Å². The molecule has 2 amide bonds. The smallest absolute Gasteiger partial charge is 0.223 e. The van der Waals surface area contributed by atoms with Gasteiger partial charge in [0.1, 0.15) is 0 Å². The van der Waals surface area contributed by atoms with Gasteiger partial charge in [0.05, 0.1) is 6.04 Å². The second kappa shape index (κ2) is 8.65. The van der Waals surface area contributed by atoms with E-state index in [1.165, 1.54) is 30.6 Å². The lowest BCUT2D eigenvalue weighted by molar-refractivity contribution is -0.125.